The van der Waals surface area contributed by atoms with Gasteiger partial charge in [-0.3, -0.25) is 4.79 Å². The predicted octanol–water partition coefficient (Wildman–Crippen LogP) is 3.42. The molecule has 1 heterocycles. The van der Waals surface area contributed by atoms with Gasteiger partial charge in [-0.25, -0.2) is 12.8 Å². The number of carbonyl (C=O) groups is 1. The zero-order valence-electron chi connectivity index (χ0n) is 16.9. The van der Waals surface area contributed by atoms with Gasteiger partial charge >= 0.3 is 0 Å². The number of carbonyl (C=O) groups excluding carboxylic acids is 1. The molecule has 1 aliphatic carbocycles. The van der Waals surface area contributed by atoms with Crippen LogP contribution in [0.5, 0.6) is 5.75 Å². The third kappa shape index (κ3) is 4.20. The fourth-order valence-electron chi connectivity index (χ4n) is 3.78. The van der Waals surface area contributed by atoms with Crippen molar-refractivity contribution in [2.24, 2.45) is 0 Å². The molecule has 0 spiro atoms. The highest BCUT2D eigenvalue weighted by Gasteiger charge is 2.35. The largest absolute Gasteiger partial charge is 0.495 e. The number of hydrogen-bond donors (Lipinski definition) is 0. The summed E-state index contributed by atoms with van der Waals surface area (Å²) in [5, 5.41) is 0. The fourth-order valence-corrected chi connectivity index (χ4v) is 5.48. The standard InChI is InChI=1S/C22H25FN2O4S/c1-29-20-11-6-17(14-21(20)30(27,28)24-12-2-3-13-24)22(26)25(19-9-10-19)15-16-4-7-18(23)8-5-16/h4-8,11,14,19H,2-3,9-10,12-13,15H2,1H3. The van der Waals surface area contributed by atoms with Gasteiger partial charge < -0.3 is 9.64 Å². The second-order valence-electron chi connectivity index (χ2n) is 7.77. The molecule has 4 rings (SSSR count). The van der Waals surface area contributed by atoms with E-state index < -0.39 is 10.0 Å². The molecule has 2 aromatic carbocycles. The first-order valence-electron chi connectivity index (χ1n) is 10.1. The van der Waals surface area contributed by atoms with Gasteiger partial charge in [0, 0.05) is 31.2 Å². The van der Waals surface area contributed by atoms with Crippen molar-refractivity contribution in [1.29, 1.82) is 0 Å². The van der Waals surface area contributed by atoms with E-state index in [0.29, 0.717) is 25.2 Å². The van der Waals surface area contributed by atoms with Crippen LogP contribution >= 0.6 is 0 Å². The summed E-state index contributed by atoms with van der Waals surface area (Å²) >= 11 is 0. The number of sulfonamides is 1. The van der Waals surface area contributed by atoms with Gasteiger partial charge in [0.25, 0.3) is 5.91 Å². The quantitative estimate of drug-likeness (QED) is 0.672. The van der Waals surface area contributed by atoms with Gasteiger partial charge in [0.05, 0.1) is 7.11 Å². The smallest absolute Gasteiger partial charge is 0.254 e. The average Bonchev–Trinajstić information content (AvgIpc) is 3.43. The maximum atomic E-state index is 13.3. The van der Waals surface area contributed by atoms with E-state index in [1.54, 1.807) is 29.2 Å². The molecule has 30 heavy (non-hydrogen) atoms. The van der Waals surface area contributed by atoms with E-state index in [1.165, 1.54) is 29.6 Å². The molecule has 0 N–H and O–H groups in total. The molecule has 0 radical (unpaired) electrons. The van der Waals surface area contributed by atoms with Crippen molar-refractivity contribution in [1.82, 2.24) is 9.21 Å². The maximum Gasteiger partial charge on any atom is 0.254 e. The Hall–Kier alpha value is -2.45. The number of amides is 1. The van der Waals surface area contributed by atoms with Crippen LogP contribution in [0.15, 0.2) is 47.4 Å². The van der Waals surface area contributed by atoms with Crippen molar-refractivity contribution < 1.29 is 22.3 Å². The Morgan fingerprint density at radius 3 is 2.40 bits per heavy atom. The number of methoxy groups -OCH3 is 1. The molecule has 1 amide bonds. The van der Waals surface area contributed by atoms with E-state index in [2.05, 4.69) is 0 Å². The van der Waals surface area contributed by atoms with Crippen LogP contribution in [-0.4, -0.2) is 49.8 Å². The summed E-state index contributed by atoms with van der Waals surface area (Å²) < 4.78 is 46.2. The highest BCUT2D eigenvalue weighted by atomic mass is 32.2. The van der Waals surface area contributed by atoms with E-state index in [4.69, 9.17) is 4.74 Å². The lowest BCUT2D eigenvalue weighted by molar-refractivity contribution is 0.0729. The van der Waals surface area contributed by atoms with Crippen LogP contribution in [0.3, 0.4) is 0 Å². The van der Waals surface area contributed by atoms with Crippen LogP contribution in [0.2, 0.25) is 0 Å². The lowest BCUT2D eigenvalue weighted by Gasteiger charge is -2.24. The number of ether oxygens (including phenoxy) is 1. The minimum Gasteiger partial charge on any atom is -0.495 e. The Kier molecular flexibility index (Phi) is 5.79. The molecule has 0 atom stereocenters. The first kappa shape index (κ1) is 20.8. The van der Waals surface area contributed by atoms with Gasteiger partial charge in [0.15, 0.2) is 0 Å². The van der Waals surface area contributed by atoms with E-state index in [-0.39, 0.29) is 28.4 Å². The molecule has 6 nitrogen and oxygen atoms in total. The minimum absolute atomic E-state index is 0.0234. The normalized spacial score (nSPS) is 17.1. The van der Waals surface area contributed by atoms with E-state index in [9.17, 15) is 17.6 Å². The van der Waals surface area contributed by atoms with Crippen molar-refractivity contribution in [3.63, 3.8) is 0 Å². The Bertz CT molecular complexity index is 1030. The number of nitrogens with zero attached hydrogens (tertiary/aromatic N) is 2. The van der Waals surface area contributed by atoms with Crippen LogP contribution in [-0.2, 0) is 16.6 Å². The molecule has 8 heteroatoms. The summed E-state index contributed by atoms with van der Waals surface area (Å²) in [6.45, 7) is 1.30. The highest BCUT2D eigenvalue weighted by molar-refractivity contribution is 7.89. The van der Waals surface area contributed by atoms with Gasteiger partial charge in [-0.15, -0.1) is 0 Å². The molecule has 0 bridgehead atoms. The van der Waals surface area contributed by atoms with Crippen molar-refractivity contribution in [3.8, 4) is 5.75 Å². The van der Waals surface area contributed by atoms with Crippen molar-refractivity contribution in [3.05, 3.63) is 59.4 Å². The molecule has 0 unspecified atom stereocenters. The summed E-state index contributed by atoms with van der Waals surface area (Å²) in [5.41, 5.74) is 1.14. The van der Waals surface area contributed by atoms with Crippen molar-refractivity contribution >= 4 is 15.9 Å². The number of benzene rings is 2. The van der Waals surface area contributed by atoms with Crippen LogP contribution < -0.4 is 4.74 Å². The van der Waals surface area contributed by atoms with Gasteiger partial charge in [-0.2, -0.15) is 4.31 Å². The molecule has 1 saturated heterocycles. The zero-order chi connectivity index (χ0) is 21.3. The summed E-state index contributed by atoms with van der Waals surface area (Å²) in [6, 6.07) is 10.8. The second kappa shape index (κ2) is 8.35. The van der Waals surface area contributed by atoms with Crippen molar-refractivity contribution in [2.75, 3.05) is 20.2 Å². The predicted molar refractivity (Wildman–Crippen MR) is 110 cm³/mol. The van der Waals surface area contributed by atoms with E-state index in [1.807, 2.05) is 0 Å². The fraction of sp³-hybridized carbons (Fsp3) is 0.409. The van der Waals surface area contributed by atoms with Crippen LogP contribution in [0, 0.1) is 5.82 Å². The maximum absolute atomic E-state index is 13.3. The lowest BCUT2D eigenvalue weighted by atomic mass is 10.1. The second-order valence-corrected chi connectivity index (χ2v) is 9.67. The first-order valence-corrected chi connectivity index (χ1v) is 11.6. The Morgan fingerprint density at radius 1 is 1.13 bits per heavy atom. The molecule has 1 aliphatic heterocycles. The van der Waals surface area contributed by atoms with Crippen LogP contribution in [0.4, 0.5) is 4.39 Å². The van der Waals surface area contributed by atoms with Crippen LogP contribution in [0.25, 0.3) is 0 Å². The topological polar surface area (TPSA) is 66.9 Å². The third-order valence-electron chi connectivity index (χ3n) is 5.61. The Balaban J connectivity index is 1.65. The molecule has 2 aromatic rings. The molecule has 0 aromatic heterocycles. The molecule has 1 saturated carbocycles. The van der Waals surface area contributed by atoms with Gasteiger partial charge in [-0.05, 0) is 61.6 Å². The molecular formula is C22H25FN2O4S. The summed E-state index contributed by atoms with van der Waals surface area (Å²) in [7, 11) is -2.31. The molecule has 2 fully saturated rings. The van der Waals surface area contributed by atoms with Gasteiger partial charge in [0.1, 0.15) is 16.5 Å². The third-order valence-corrected chi connectivity index (χ3v) is 7.53. The number of rotatable bonds is 7. The highest BCUT2D eigenvalue weighted by Crippen LogP contribution is 2.33. The van der Waals surface area contributed by atoms with Gasteiger partial charge in [0.2, 0.25) is 10.0 Å². The first-order chi connectivity index (χ1) is 14.4. The van der Waals surface area contributed by atoms with E-state index >= 15 is 0 Å². The lowest BCUT2D eigenvalue weighted by Crippen LogP contribution is -2.33. The summed E-state index contributed by atoms with van der Waals surface area (Å²) in [5.74, 6) is -0.327. The summed E-state index contributed by atoms with van der Waals surface area (Å²) in [6.07, 6.45) is 3.46. The molecular weight excluding hydrogens is 407 g/mol. The number of hydrogen-bond acceptors (Lipinski definition) is 4. The molecule has 2 aliphatic rings. The van der Waals surface area contributed by atoms with E-state index in [0.717, 1.165) is 31.2 Å². The number of halogens is 1. The van der Waals surface area contributed by atoms with Crippen LogP contribution in [0.1, 0.15) is 41.6 Å². The minimum atomic E-state index is -3.74. The summed E-state index contributed by atoms with van der Waals surface area (Å²) in [4.78, 5) is 15.1. The Morgan fingerprint density at radius 2 is 1.80 bits per heavy atom. The van der Waals surface area contributed by atoms with Gasteiger partial charge in [-0.1, -0.05) is 12.1 Å². The molecule has 160 valence electrons. The average molecular weight is 433 g/mol. The monoisotopic (exact) mass is 432 g/mol. The van der Waals surface area contributed by atoms with Crippen molar-refractivity contribution in [2.45, 2.75) is 43.2 Å². The zero-order valence-corrected chi connectivity index (χ0v) is 17.7. The Labute approximate surface area is 176 Å². The SMILES string of the molecule is COc1ccc(C(=O)N(Cc2ccc(F)cc2)C2CC2)cc1S(=O)(=O)N1CCCC1.